The minimum absolute atomic E-state index is 0.237. The first-order valence-corrected chi connectivity index (χ1v) is 10.1. The molecule has 3 aromatic carbocycles. The van der Waals surface area contributed by atoms with Crippen molar-refractivity contribution < 1.29 is 0 Å². The fraction of sp³-hybridized carbons (Fsp3) is 0.240. The van der Waals surface area contributed by atoms with Crippen molar-refractivity contribution in [3.8, 4) is 6.07 Å². The molecule has 0 spiro atoms. The number of hydrogen-bond donors (Lipinski definition) is 1. The lowest BCUT2D eigenvalue weighted by Crippen LogP contribution is -2.48. The van der Waals surface area contributed by atoms with Crippen LogP contribution in [-0.4, -0.2) is 31.1 Å². The van der Waals surface area contributed by atoms with E-state index in [0.717, 1.165) is 31.9 Å². The van der Waals surface area contributed by atoms with Crippen LogP contribution in [0, 0.1) is 18.3 Å². The van der Waals surface area contributed by atoms with E-state index in [2.05, 4.69) is 77.4 Å². The summed E-state index contributed by atoms with van der Waals surface area (Å²) in [6, 6.07) is 27.5. The molecule has 1 saturated heterocycles. The fourth-order valence-electron chi connectivity index (χ4n) is 4.26. The zero-order valence-electron chi connectivity index (χ0n) is 16.8. The third-order valence-electron chi connectivity index (χ3n) is 5.76. The molecule has 1 heterocycles. The van der Waals surface area contributed by atoms with E-state index in [4.69, 9.17) is 5.73 Å². The van der Waals surface area contributed by atoms with Crippen LogP contribution in [-0.2, 0) is 0 Å². The van der Waals surface area contributed by atoms with Crippen molar-refractivity contribution in [3.05, 3.63) is 95.1 Å². The van der Waals surface area contributed by atoms with Crippen LogP contribution in [0.4, 0.5) is 11.4 Å². The molecule has 4 rings (SSSR count). The summed E-state index contributed by atoms with van der Waals surface area (Å²) in [5.41, 5.74) is 12.1. The normalized spacial score (nSPS) is 15.7. The second-order valence-corrected chi connectivity index (χ2v) is 7.58. The lowest BCUT2D eigenvalue weighted by atomic mass is 9.93. The molecule has 1 atom stereocenters. The highest BCUT2D eigenvalue weighted by Crippen LogP contribution is 2.32. The van der Waals surface area contributed by atoms with Crippen molar-refractivity contribution in [3.63, 3.8) is 0 Å². The van der Waals surface area contributed by atoms with Gasteiger partial charge in [0.05, 0.1) is 17.3 Å². The first-order valence-electron chi connectivity index (χ1n) is 10.1. The van der Waals surface area contributed by atoms with E-state index >= 15 is 0 Å². The van der Waals surface area contributed by atoms with E-state index in [1.807, 2.05) is 12.1 Å². The van der Waals surface area contributed by atoms with Crippen molar-refractivity contribution in [1.82, 2.24) is 4.90 Å². The number of aryl methyl sites for hydroxylation is 1. The van der Waals surface area contributed by atoms with Crippen LogP contribution in [0.3, 0.4) is 0 Å². The lowest BCUT2D eigenvalue weighted by Gasteiger charge is -2.41. The molecule has 0 amide bonds. The van der Waals surface area contributed by atoms with Crippen LogP contribution in [0.15, 0.2) is 72.8 Å². The second-order valence-electron chi connectivity index (χ2n) is 7.58. The van der Waals surface area contributed by atoms with Gasteiger partial charge in [-0.1, -0.05) is 54.6 Å². The second kappa shape index (κ2) is 8.38. The largest absolute Gasteiger partial charge is 0.399 e. The number of nitrogen functional groups attached to an aromatic ring is 1. The predicted molar refractivity (Wildman–Crippen MR) is 119 cm³/mol. The number of hydrogen-bond acceptors (Lipinski definition) is 4. The van der Waals surface area contributed by atoms with Gasteiger partial charge < -0.3 is 10.6 Å². The van der Waals surface area contributed by atoms with Crippen molar-refractivity contribution in [2.75, 3.05) is 36.8 Å². The van der Waals surface area contributed by atoms with Gasteiger partial charge in [0.25, 0.3) is 0 Å². The van der Waals surface area contributed by atoms with E-state index in [1.165, 1.54) is 16.7 Å². The summed E-state index contributed by atoms with van der Waals surface area (Å²) < 4.78 is 0. The Bertz CT molecular complexity index is 1010. The number of benzene rings is 3. The molecular weight excluding hydrogens is 356 g/mol. The monoisotopic (exact) mass is 382 g/mol. The first-order chi connectivity index (χ1) is 14.2. The SMILES string of the molecule is Cc1ccccc1C(c1ccccc1)N1CCN(c2ccc(N)cc2C#N)CC1. The molecule has 1 unspecified atom stereocenters. The molecule has 146 valence electrons. The zero-order valence-corrected chi connectivity index (χ0v) is 16.8. The summed E-state index contributed by atoms with van der Waals surface area (Å²) in [4.78, 5) is 4.85. The van der Waals surface area contributed by atoms with Gasteiger partial charge in [-0.15, -0.1) is 0 Å². The zero-order chi connectivity index (χ0) is 20.2. The van der Waals surface area contributed by atoms with Crippen LogP contribution in [0.25, 0.3) is 0 Å². The minimum atomic E-state index is 0.237. The number of anilines is 2. The smallest absolute Gasteiger partial charge is 0.101 e. The van der Waals surface area contributed by atoms with E-state index in [0.29, 0.717) is 11.3 Å². The molecule has 29 heavy (non-hydrogen) atoms. The standard InChI is InChI=1S/C25H26N4/c1-19-7-5-6-10-23(19)25(20-8-3-2-4-9-20)29-15-13-28(14-16-29)24-12-11-22(27)17-21(24)18-26/h2-12,17,25H,13-16,27H2,1H3. The number of nitrogens with zero attached hydrogens (tertiary/aromatic N) is 3. The summed E-state index contributed by atoms with van der Waals surface area (Å²) in [7, 11) is 0. The van der Waals surface area contributed by atoms with E-state index in [-0.39, 0.29) is 6.04 Å². The predicted octanol–water partition coefficient (Wildman–Crippen LogP) is 4.36. The molecule has 4 nitrogen and oxygen atoms in total. The summed E-state index contributed by atoms with van der Waals surface area (Å²) in [5.74, 6) is 0. The Morgan fingerprint density at radius 3 is 2.28 bits per heavy atom. The maximum atomic E-state index is 9.50. The highest BCUT2D eigenvalue weighted by Gasteiger charge is 2.28. The van der Waals surface area contributed by atoms with Gasteiger partial charge in [-0.05, 0) is 41.8 Å². The van der Waals surface area contributed by atoms with Gasteiger partial charge in [-0.2, -0.15) is 5.26 Å². The van der Waals surface area contributed by atoms with Crippen LogP contribution in [0.2, 0.25) is 0 Å². The Labute approximate surface area is 172 Å². The lowest BCUT2D eigenvalue weighted by molar-refractivity contribution is 0.212. The first kappa shape index (κ1) is 19.0. The number of piperazine rings is 1. The molecule has 3 aromatic rings. The highest BCUT2D eigenvalue weighted by atomic mass is 15.3. The molecule has 0 aromatic heterocycles. The molecule has 0 bridgehead atoms. The summed E-state index contributed by atoms with van der Waals surface area (Å²) in [5, 5.41) is 9.50. The third-order valence-corrected chi connectivity index (χ3v) is 5.76. The van der Waals surface area contributed by atoms with Gasteiger partial charge in [0.1, 0.15) is 6.07 Å². The molecular formula is C25H26N4. The van der Waals surface area contributed by atoms with E-state index < -0.39 is 0 Å². The number of nitriles is 1. The molecule has 0 saturated carbocycles. The van der Waals surface area contributed by atoms with Crippen molar-refractivity contribution in [2.24, 2.45) is 0 Å². The van der Waals surface area contributed by atoms with E-state index in [1.54, 1.807) is 6.07 Å². The highest BCUT2D eigenvalue weighted by molar-refractivity contribution is 5.64. The molecule has 0 aliphatic carbocycles. The van der Waals surface area contributed by atoms with Crippen LogP contribution in [0.5, 0.6) is 0 Å². The van der Waals surface area contributed by atoms with E-state index in [9.17, 15) is 5.26 Å². The topological polar surface area (TPSA) is 56.3 Å². The maximum Gasteiger partial charge on any atom is 0.101 e. The van der Waals surface area contributed by atoms with Gasteiger partial charge in [0.15, 0.2) is 0 Å². The Morgan fingerprint density at radius 2 is 1.59 bits per heavy atom. The third kappa shape index (κ3) is 3.96. The van der Waals surface area contributed by atoms with Gasteiger partial charge in [-0.3, -0.25) is 4.90 Å². The van der Waals surface area contributed by atoms with Crippen LogP contribution in [0.1, 0.15) is 28.3 Å². The van der Waals surface area contributed by atoms with Gasteiger partial charge >= 0.3 is 0 Å². The van der Waals surface area contributed by atoms with Crippen molar-refractivity contribution in [2.45, 2.75) is 13.0 Å². The van der Waals surface area contributed by atoms with Gasteiger partial charge in [-0.25, -0.2) is 0 Å². The minimum Gasteiger partial charge on any atom is -0.399 e. The average Bonchev–Trinajstić information content (AvgIpc) is 2.76. The van der Waals surface area contributed by atoms with Crippen LogP contribution >= 0.6 is 0 Å². The Kier molecular flexibility index (Phi) is 5.50. The number of nitrogens with two attached hydrogens (primary N) is 1. The summed E-state index contributed by atoms with van der Waals surface area (Å²) in [6.07, 6.45) is 0. The average molecular weight is 383 g/mol. The molecule has 1 fully saturated rings. The molecule has 4 heteroatoms. The molecule has 1 aliphatic rings. The Morgan fingerprint density at radius 1 is 0.897 bits per heavy atom. The molecule has 1 aliphatic heterocycles. The number of rotatable bonds is 4. The molecule has 2 N–H and O–H groups in total. The van der Waals surface area contributed by atoms with Crippen molar-refractivity contribution in [1.29, 1.82) is 5.26 Å². The summed E-state index contributed by atoms with van der Waals surface area (Å²) >= 11 is 0. The summed E-state index contributed by atoms with van der Waals surface area (Å²) in [6.45, 7) is 5.82. The Hall–Kier alpha value is -3.29. The fourth-order valence-corrected chi connectivity index (χ4v) is 4.26. The maximum absolute atomic E-state index is 9.50. The quantitative estimate of drug-likeness (QED) is 0.681. The van der Waals surface area contributed by atoms with Gasteiger partial charge in [0.2, 0.25) is 0 Å². The Balaban J connectivity index is 1.60. The van der Waals surface area contributed by atoms with Crippen molar-refractivity contribution >= 4 is 11.4 Å². The molecule has 0 radical (unpaired) electrons. The van der Waals surface area contributed by atoms with Gasteiger partial charge in [0, 0.05) is 31.9 Å². The van der Waals surface area contributed by atoms with Crippen LogP contribution < -0.4 is 10.6 Å².